The summed E-state index contributed by atoms with van der Waals surface area (Å²) in [6, 6.07) is 8.73. The van der Waals surface area contributed by atoms with Gasteiger partial charge in [-0.25, -0.2) is 0 Å². The second kappa shape index (κ2) is 7.54. The van der Waals surface area contributed by atoms with Gasteiger partial charge in [0, 0.05) is 29.1 Å². The number of carbonyl (C=O) groups excluding carboxylic acids is 1. The summed E-state index contributed by atoms with van der Waals surface area (Å²) in [5, 5.41) is 3.69. The largest absolute Gasteiger partial charge is 0.494 e. The molecule has 1 aliphatic heterocycles. The van der Waals surface area contributed by atoms with Gasteiger partial charge in [0.25, 0.3) is 5.91 Å². The Balaban J connectivity index is 1.78. The van der Waals surface area contributed by atoms with E-state index in [1.807, 2.05) is 26.0 Å². The van der Waals surface area contributed by atoms with Crippen LogP contribution < -0.4 is 14.8 Å². The zero-order valence-corrected chi connectivity index (χ0v) is 15.6. The Bertz CT molecular complexity index is 807. The average molecular weight is 380 g/mol. The molecular formula is C19H19Cl2NO3. The average Bonchev–Trinajstić information content (AvgIpc) is 2.91. The number of amides is 1. The maximum Gasteiger partial charge on any atom is 0.253 e. The topological polar surface area (TPSA) is 47.6 Å². The number of ether oxygens (including phenoxy) is 2. The third-order valence-electron chi connectivity index (χ3n) is 3.99. The highest BCUT2D eigenvalue weighted by atomic mass is 35.5. The molecule has 0 aromatic heterocycles. The molecule has 0 unspecified atom stereocenters. The summed E-state index contributed by atoms with van der Waals surface area (Å²) in [6.45, 7) is 4.84. The Kier molecular flexibility index (Phi) is 5.40. The van der Waals surface area contributed by atoms with E-state index in [9.17, 15) is 4.79 Å². The second-order valence-electron chi connectivity index (χ2n) is 5.94. The highest BCUT2D eigenvalue weighted by molar-refractivity contribution is 6.36. The fraction of sp³-hybridized carbons (Fsp3) is 0.316. The number of fused-ring (bicyclic) bond motifs is 1. The summed E-state index contributed by atoms with van der Waals surface area (Å²) in [5.74, 6) is 1.35. The molecule has 6 heteroatoms. The zero-order chi connectivity index (χ0) is 18.0. The minimum atomic E-state index is -0.265. The van der Waals surface area contributed by atoms with Crippen LogP contribution in [0.2, 0.25) is 10.0 Å². The predicted octanol–water partition coefficient (Wildman–Crippen LogP) is 4.65. The first kappa shape index (κ1) is 17.9. The third kappa shape index (κ3) is 4.02. The van der Waals surface area contributed by atoms with Crippen molar-refractivity contribution in [3.05, 3.63) is 57.1 Å². The van der Waals surface area contributed by atoms with Crippen molar-refractivity contribution >= 4 is 29.1 Å². The summed E-state index contributed by atoms with van der Waals surface area (Å²) in [7, 11) is 0. The number of hydrogen-bond acceptors (Lipinski definition) is 3. The number of nitrogens with one attached hydrogen (secondary N) is 1. The van der Waals surface area contributed by atoms with Gasteiger partial charge in [-0.1, -0.05) is 23.2 Å². The number of hydrogen-bond donors (Lipinski definition) is 1. The van der Waals surface area contributed by atoms with Crippen LogP contribution in [0.1, 0.15) is 35.3 Å². The molecule has 25 heavy (non-hydrogen) atoms. The van der Waals surface area contributed by atoms with E-state index in [1.54, 1.807) is 18.2 Å². The van der Waals surface area contributed by atoms with Gasteiger partial charge in [-0.3, -0.25) is 4.79 Å². The maximum atomic E-state index is 12.4. The van der Waals surface area contributed by atoms with Crippen molar-refractivity contribution in [3.63, 3.8) is 0 Å². The molecule has 3 rings (SSSR count). The summed E-state index contributed by atoms with van der Waals surface area (Å²) >= 11 is 12.0. The Morgan fingerprint density at radius 1 is 1.32 bits per heavy atom. The van der Waals surface area contributed by atoms with Crippen molar-refractivity contribution < 1.29 is 14.3 Å². The molecule has 0 aliphatic carbocycles. The quantitative estimate of drug-likeness (QED) is 0.822. The minimum absolute atomic E-state index is 0.155. The number of halogens is 2. The first-order chi connectivity index (χ1) is 12.0. The van der Waals surface area contributed by atoms with E-state index < -0.39 is 0 Å². The molecule has 1 atom stereocenters. The normalized spacial score (nSPS) is 15.4. The van der Waals surface area contributed by atoms with Crippen molar-refractivity contribution in [1.29, 1.82) is 0 Å². The fourth-order valence-corrected chi connectivity index (χ4v) is 3.35. The van der Waals surface area contributed by atoms with Gasteiger partial charge >= 0.3 is 0 Å². The van der Waals surface area contributed by atoms with Gasteiger partial charge in [0.1, 0.15) is 17.6 Å². The molecule has 2 aromatic carbocycles. The van der Waals surface area contributed by atoms with E-state index in [1.165, 1.54) is 0 Å². The van der Waals surface area contributed by atoms with Crippen molar-refractivity contribution in [2.45, 2.75) is 32.9 Å². The van der Waals surface area contributed by atoms with Crippen LogP contribution in [0.4, 0.5) is 0 Å². The van der Waals surface area contributed by atoms with Gasteiger partial charge in [-0.15, -0.1) is 0 Å². The van der Waals surface area contributed by atoms with E-state index in [0.29, 0.717) is 28.8 Å². The van der Waals surface area contributed by atoms with Gasteiger partial charge in [-0.05, 0) is 44.2 Å². The van der Waals surface area contributed by atoms with Crippen LogP contribution in [-0.2, 0) is 13.0 Å². The van der Waals surface area contributed by atoms with Crippen molar-refractivity contribution in [1.82, 2.24) is 5.32 Å². The molecule has 132 valence electrons. The zero-order valence-electron chi connectivity index (χ0n) is 14.1. The van der Waals surface area contributed by atoms with Crippen LogP contribution in [0, 0.1) is 0 Å². The van der Waals surface area contributed by atoms with E-state index in [4.69, 9.17) is 32.7 Å². The monoisotopic (exact) mass is 379 g/mol. The van der Waals surface area contributed by atoms with Gasteiger partial charge in [0.15, 0.2) is 0 Å². The van der Waals surface area contributed by atoms with Crippen LogP contribution in [-0.4, -0.2) is 18.6 Å². The molecule has 1 aliphatic rings. The Labute approximate surface area is 157 Å². The predicted molar refractivity (Wildman–Crippen MR) is 99.0 cm³/mol. The van der Waals surface area contributed by atoms with Gasteiger partial charge in [0.05, 0.1) is 17.2 Å². The van der Waals surface area contributed by atoms with Crippen LogP contribution in [0.5, 0.6) is 11.5 Å². The van der Waals surface area contributed by atoms with Crippen molar-refractivity contribution in [2.75, 3.05) is 6.61 Å². The number of benzene rings is 2. The molecule has 0 saturated carbocycles. The summed E-state index contributed by atoms with van der Waals surface area (Å²) < 4.78 is 11.5. The molecule has 0 spiro atoms. The highest BCUT2D eigenvalue weighted by Crippen LogP contribution is 2.35. The molecule has 0 bridgehead atoms. The van der Waals surface area contributed by atoms with Crippen molar-refractivity contribution in [2.24, 2.45) is 0 Å². The summed E-state index contributed by atoms with van der Waals surface area (Å²) in [5.41, 5.74) is 2.38. The molecule has 2 aromatic rings. The van der Waals surface area contributed by atoms with E-state index in [-0.39, 0.29) is 12.0 Å². The molecule has 1 N–H and O–H groups in total. The lowest BCUT2D eigenvalue weighted by molar-refractivity contribution is 0.0950. The Morgan fingerprint density at radius 2 is 2.12 bits per heavy atom. The molecular weight excluding hydrogens is 361 g/mol. The van der Waals surface area contributed by atoms with Crippen LogP contribution >= 0.6 is 23.2 Å². The fourth-order valence-electron chi connectivity index (χ4n) is 2.85. The minimum Gasteiger partial charge on any atom is -0.494 e. The third-order valence-corrected chi connectivity index (χ3v) is 4.54. The van der Waals surface area contributed by atoms with Crippen LogP contribution in [0.15, 0.2) is 30.3 Å². The molecule has 1 heterocycles. The van der Waals surface area contributed by atoms with Gasteiger partial charge < -0.3 is 14.8 Å². The lowest BCUT2D eigenvalue weighted by Crippen LogP contribution is -2.23. The Hall–Kier alpha value is -1.91. The summed E-state index contributed by atoms with van der Waals surface area (Å²) in [6.07, 6.45) is 1.02. The molecule has 4 nitrogen and oxygen atoms in total. The van der Waals surface area contributed by atoms with Crippen molar-refractivity contribution in [3.8, 4) is 11.5 Å². The standard InChI is InChI=1S/C19H19Cl2NO3/c1-3-24-17-7-12-6-11(2)25-18(12)8-13(17)10-22-19(23)15-5-4-14(20)9-16(15)21/h4-5,7-9,11H,3,6,10H2,1-2H3,(H,22,23)/t11-/m0/s1. The van der Waals surface area contributed by atoms with E-state index >= 15 is 0 Å². The highest BCUT2D eigenvalue weighted by Gasteiger charge is 2.22. The summed E-state index contributed by atoms with van der Waals surface area (Å²) in [4.78, 5) is 12.4. The van der Waals surface area contributed by atoms with E-state index in [2.05, 4.69) is 5.32 Å². The Morgan fingerprint density at radius 3 is 2.84 bits per heavy atom. The number of carbonyl (C=O) groups is 1. The van der Waals surface area contributed by atoms with E-state index in [0.717, 1.165) is 29.0 Å². The van der Waals surface area contributed by atoms with Crippen LogP contribution in [0.3, 0.4) is 0 Å². The first-order valence-electron chi connectivity index (χ1n) is 8.16. The lowest BCUT2D eigenvalue weighted by atomic mass is 10.1. The SMILES string of the molecule is CCOc1cc2c(cc1CNC(=O)c1ccc(Cl)cc1Cl)O[C@@H](C)C2. The molecule has 1 amide bonds. The molecule has 0 radical (unpaired) electrons. The van der Waals surface area contributed by atoms with Gasteiger partial charge in [0.2, 0.25) is 0 Å². The first-order valence-corrected chi connectivity index (χ1v) is 8.92. The van der Waals surface area contributed by atoms with Gasteiger partial charge in [-0.2, -0.15) is 0 Å². The molecule has 0 saturated heterocycles. The lowest BCUT2D eigenvalue weighted by Gasteiger charge is -2.14. The maximum absolute atomic E-state index is 12.4. The molecule has 0 fully saturated rings. The second-order valence-corrected chi connectivity index (χ2v) is 6.78. The smallest absolute Gasteiger partial charge is 0.253 e. The number of rotatable bonds is 5. The van der Waals surface area contributed by atoms with Crippen LogP contribution in [0.25, 0.3) is 0 Å².